The fourth-order valence-electron chi connectivity index (χ4n) is 3.86. The number of hydrogen-bond acceptors (Lipinski definition) is 4. The summed E-state index contributed by atoms with van der Waals surface area (Å²) in [4.78, 5) is 12.2. The Labute approximate surface area is 188 Å². The van der Waals surface area contributed by atoms with Gasteiger partial charge in [0.05, 0.1) is 0 Å². The molecule has 0 unspecified atom stereocenters. The molecule has 4 rings (SSSR count). The minimum atomic E-state index is -4.86. The van der Waals surface area contributed by atoms with Gasteiger partial charge in [0.2, 0.25) is 0 Å². The van der Waals surface area contributed by atoms with Crippen molar-refractivity contribution in [3.05, 3.63) is 89.5 Å². The van der Waals surface area contributed by atoms with E-state index in [9.17, 15) is 23.1 Å². The molecule has 0 fully saturated rings. The highest BCUT2D eigenvalue weighted by Gasteiger charge is 2.32. The van der Waals surface area contributed by atoms with Crippen LogP contribution in [0, 0.1) is 0 Å². The number of nitrogens with one attached hydrogen (secondary N) is 1. The first-order chi connectivity index (χ1) is 15.8. The summed E-state index contributed by atoms with van der Waals surface area (Å²) >= 11 is 0. The number of amides is 1. The molecule has 3 aromatic rings. The van der Waals surface area contributed by atoms with Crippen LogP contribution in [0.2, 0.25) is 0 Å². The molecule has 170 valence electrons. The zero-order chi connectivity index (χ0) is 23.4. The van der Waals surface area contributed by atoms with E-state index in [1.54, 1.807) is 0 Å². The summed E-state index contributed by atoms with van der Waals surface area (Å²) in [6.45, 7) is 0.164. The normalized spacial score (nSPS) is 12.9. The van der Waals surface area contributed by atoms with Crippen molar-refractivity contribution in [2.45, 2.75) is 12.3 Å². The van der Waals surface area contributed by atoms with E-state index in [0.29, 0.717) is 0 Å². The van der Waals surface area contributed by atoms with Gasteiger partial charge in [-0.3, -0.25) is 0 Å². The van der Waals surface area contributed by atoms with Crippen molar-refractivity contribution in [2.75, 3.05) is 13.2 Å². The zero-order valence-electron chi connectivity index (χ0n) is 17.3. The Morgan fingerprint density at radius 3 is 2.27 bits per heavy atom. The standard InChI is InChI=1S/C25H20F3NO4/c26-25(27,28)33-23-12-11-17(30)14-16(23)6-5-13-29-24(31)32-15-22-20-9-3-1-7-18(20)19-8-2-4-10-21(19)22/h1-12,14,22,30H,13,15H2,(H,29,31). The molecule has 5 nitrogen and oxygen atoms in total. The molecule has 2 N–H and O–H groups in total. The van der Waals surface area contributed by atoms with E-state index < -0.39 is 18.2 Å². The molecule has 0 bridgehead atoms. The minimum Gasteiger partial charge on any atom is -0.508 e. The van der Waals surface area contributed by atoms with E-state index >= 15 is 0 Å². The van der Waals surface area contributed by atoms with Crippen molar-refractivity contribution in [2.24, 2.45) is 0 Å². The van der Waals surface area contributed by atoms with Gasteiger partial charge < -0.3 is 19.9 Å². The van der Waals surface area contributed by atoms with E-state index in [2.05, 4.69) is 10.1 Å². The number of phenolic OH excluding ortho intramolecular Hbond substituents is 1. The average molecular weight is 455 g/mol. The summed E-state index contributed by atoms with van der Waals surface area (Å²) in [5, 5.41) is 12.1. The lowest BCUT2D eigenvalue weighted by molar-refractivity contribution is -0.274. The summed E-state index contributed by atoms with van der Waals surface area (Å²) < 4.78 is 46.9. The molecule has 0 atom stereocenters. The maximum Gasteiger partial charge on any atom is 0.573 e. The molecule has 0 aliphatic heterocycles. The summed E-state index contributed by atoms with van der Waals surface area (Å²) in [7, 11) is 0. The SMILES string of the molecule is O=C(NCC=Cc1cc(O)ccc1OC(F)(F)F)OCC1c2ccccc2-c2ccccc21. The van der Waals surface area contributed by atoms with Crippen molar-refractivity contribution >= 4 is 12.2 Å². The largest absolute Gasteiger partial charge is 0.573 e. The Kier molecular flexibility index (Phi) is 6.26. The molecule has 1 aliphatic carbocycles. The number of rotatable bonds is 6. The maximum absolute atomic E-state index is 12.5. The summed E-state index contributed by atoms with van der Waals surface area (Å²) in [6, 6.07) is 19.2. The molecule has 0 heterocycles. The van der Waals surface area contributed by atoms with Crippen molar-refractivity contribution in [3.8, 4) is 22.6 Å². The first-order valence-corrected chi connectivity index (χ1v) is 10.2. The average Bonchev–Trinajstić information content (AvgIpc) is 3.10. The number of carbonyl (C=O) groups excluding carboxylic acids is 1. The Balaban J connectivity index is 1.34. The number of carbonyl (C=O) groups is 1. The molecule has 3 aromatic carbocycles. The van der Waals surface area contributed by atoms with Crippen LogP contribution in [0.3, 0.4) is 0 Å². The minimum absolute atomic E-state index is 0.0117. The smallest absolute Gasteiger partial charge is 0.508 e. The van der Waals surface area contributed by atoms with Gasteiger partial charge in [0.1, 0.15) is 18.1 Å². The number of benzene rings is 3. The molecular weight excluding hydrogens is 435 g/mol. The molecular formula is C25H20F3NO4. The Hall–Kier alpha value is -3.94. The molecule has 0 spiro atoms. The van der Waals surface area contributed by atoms with Gasteiger partial charge in [-0.2, -0.15) is 0 Å². The first kappa shape index (κ1) is 22.3. The van der Waals surface area contributed by atoms with Gasteiger partial charge in [0.25, 0.3) is 0 Å². The van der Waals surface area contributed by atoms with Crippen LogP contribution in [0.1, 0.15) is 22.6 Å². The van der Waals surface area contributed by atoms with Gasteiger partial charge in [-0.15, -0.1) is 13.2 Å². The molecule has 33 heavy (non-hydrogen) atoms. The van der Waals surface area contributed by atoms with Crippen molar-refractivity contribution in [1.82, 2.24) is 5.32 Å². The number of phenols is 1. The summed E-state index contributed by atoms with van der Waals surface area (Å²) in [5.74, 6) is -0.751. The number of halogens is 3. The lowest BCUT2D eigenvalue weighted by Crippen LogP contribution is -2.26. The van der Waals surface area contributed by atoms with Crippen molar-refractivity contribution in [3.63, 3.8) is 0 Å². The second-order valence-corrected chi connectivity index (χ2v) is 7.38. The lowest BCUT2D eigenvalue weighted by Gasteiger charge is -2.14. The third-order valence-corrected chi connectivity index (χ3v) is 5.22. The van der Waals surface area contributed by atoms with Crippen LogP contribution >= 0.6 is 0 Å². The van der Waals surface area contributed by atoms with Gasteiger partial charge in [0.15, 0.2) is 0 Å². The molecule has 0 saturated carbocycles. The highest BCUT2D eigenvalue weighted by atomic mass is 19.4. The third kappa shape index (κ3) is 5.28. The van der Waals surface area contributed by atoms with Crippen LogP contribution in [0.25, 0.3) is 17.2 Å². The zero-order valence-corrected chi connectivity index (χ0v) is 17.3. The number of alkyl carbamates (subject to hydrolysis) is 1. The number of aromatic hydroxyl groups is 1. The van der Waals surface area contributed by atoms with Crippen LogP contribution < -0.4 is 10.1 Å². The van der Waals surface area contributed by atoms with Gasteiger partial charge >= 0.3 is 12.5 Å². The molecule has 1 aliphatic rings. The topological polar surface area (TPSA) is 67.8 Å². The van der Waals surface area contributed by atoms with E-state index in [1.807, 2.05) is 48.5 Å². The Bertz CT molecular complexity index is 1140. The predicted octanol–water partition coefficient (Wildman–Crippen LogP) is 5.84. The molecule has 0 aromatic heterocycles. The second-order valence-electron chi connectivity index (χ2n) is 7.38. The Morgan fingerprint density at radius 2 is 1.64 bits per heavy atom. The van der Waals surface area contributed by atoms with E-state index in [4.69, 9.17) is 4.74 Å². The monoisotopic (exact) mass is 455 g/mol. The van der Waals surface area contributed by atoms with Crippen LogP contribution in [0.5, 0.6) is 11.5 Å². The van der Waals surface area contributed by atoms with Gasteiger partial charge in [0, 0.05) is 18.0 Å². The van der Waals surface area contributed by atoms with Gasteiger partial charge in [-0.05, 0) is 40.5 Å². The van der Waals surface area contributed by atoms with Crippen LogP contribution in [0.4, 0.5) is 18.0 Å². The number of fused-ring (bicyclic) bond motifs is 3. The van der Waals surface area contributed by atoms with Crippen molar-refractivity contribution < 1.29 is 32.5 Å². The third-order valence-electron chi connectivity index (χ3n) is 5.22. The number of alkyl halides is 3. The lowest BCUT2D eigenvalue weighted by atomic mass is 9.98. The quantitative estimate of drug-likeness (QED) is 0.490. The van der Waals surface area contributed by atoms with Crippen LogP contribution in [0.15, 0.2) is 72.8 Å². The van der Waals surface area contributed by atoms with Crippen LogP contribution in [-0.4, -0.2) is 30.7 Å². The highest BCUT2D eigenvalue weighted by molar-refractivity contribution is 5.79. The first-order valence-electron chi connectivity index (χ1n) is 10.2. The highest BCUT2D eigenvalue weighted by Crippen LogP contribution is 2.44. The molecule has 0 radical (unpaired) electrons. The van der Waals surface area contributed by atoms with E-state index in [0.717, 1.165) is 40.5 Å². The van der Waals surface area contributed by atoms with Gasteiger partial charge in [-0.25, -0.2) is 4.79 Å². The summed E-state index contributed by atoms with van der Waals surface area (Å²) in [6.07, 6.45) is -2.77. The maximum atomic E-state index is 12.5. The van der Waals surface area contributed by atoms with Gasteiger partial charge in [-0.1, -0.05) is 60.7 Å². The Morgan fingerprint density at radius 1 is 1.00 bits per heavy atom. The fraction of sp³-hybridized carbons (Fsp3) is 0.160. The summed E-state index contributed by atoms with van der Waals surface area (Å²) in [5.41, 5.74) is 4.43. The van der Waals surface area contributed by atoms with Crippen LogP contribution in [-0.2, 0) is 4.74 Å². The predicted molar refractivity (Wildman–Crippen MR) is 117 cm³/mol. The van der Waals surface area contributed by atoms with Crippen molar-refractivity contribution in [1.29, 1.82) is 0 Å². The second kappa shape index (κ2) is 9.28. The molecule has 0 saturated heterocycles. The molecule has 8 heteroatoms. The number of hydrogen-bond donors (Lipinski definition) is 2. The van der Waals surface area contributed by atoms with E-state index in [1.165, 1.54) is 12.2 Å². The fourth-order valence-corrected chi connectivity index (χ4v) is 3.86. The molecule has 1 amide bonds. The number of ether oxygens (including phenoxy) is 2. The van der Waals surface area contributed by atoms with E-state index in [-0.39, 0.29) is 30.4 Å².